The van der Waals surface area contributed by atoms with Crippen molar-refractivity contribution in [2.24, 2.45) is 5.92 Å². The van der Waals surface area contributed by atoms with Crippen LogP contribution in [0.15, 0.2) is 0 Å². The van der Waals surface area contributed by atoms with Crippen LogP contribution in [-0.2, 0) is 4.74 Å². The van der Waals surface area contributed by atoms with Crippen molar-refractivity contribution in [3.63, 3.8) is 0 Å². The van der Waals surface area contributed by atoms with E-state index in [0.29, 0.717) is 5.92 Å². The highest BCUT2D eigenvalue weighted by Gasteiger charge is 2.29. The highest BCUT2D eigenvalue weighted by Crippen LogP contribution is 2.33. The van der Waals surface area contributed by atoms with Gasteiger partial charge in [0, 0.05) is 6.04 Å². The molecule has 1 rings (SSSR count). The van der Waals surface area contributed by atoms with Gasteiger partial charge in [0.05, 0.1) is 6.61 Å². The molecule has 5 heteroatoms. The third-order valence-electron chi connectivity index (χ3n) is 2.31. The summed E-state index contributed by atoms with van der Waals surface area (Å²) >= 11 is 0. The van der Waals surface area contributed by atoms with Gasteiger partial charge in [-0.3, -0.25) is 0 Å². The van der Waals surface area contributed by atoms with E-state index in [9.17, 15) is 13.2 Å². The molecule has 0 spiro atoms. The number of halogens is 3. The molecule has 1 saturated carbocycles. The first-order valence-electron chi connectivity index (χ1n) is 4.83. The van der Waals surface area contributed by atoms with Crippen molar-refractivity contribution in [3.05, 3.63) is 0 Å². The molecule has 1 atom stereocenters. The van der Waals surface area contributed by atoms with E-state index in [2.05, 4.69) is 10.1 Å². The van der Waals surface area contributed by atoms with Gasteiger partial charge < -0.3 is 10.1 Å². The number of hydrogen-bond acceptors (Lipinski definition) is 2. The van der Waals surface area contributed by atoms with Crippen LogP contribution in [0.25, 0.3) is 0 Å². The van der Waals surface area contributed by atoms with Gasteiger partial charge in [0.15, 0.2) is 0 Å². The quantitative estimate of drug-likeness (QED) is 0.725. The fourth-order valence-electron chi connectivity index (χ4n) is 1.34. The zero-order valence-corrected chi connectivity index (χ0v) is 8.23. The van der Waals surface area contributed by atoms with Crippen molar-refractivity contribution < 1.29 is 17.9 Å². The first kappa shape index (κ1) is 11.8. The van der Waals surface area contributed by atoms with E-state index in [4.69, 9.17) is 0 Å². The van der Waals surface area contributed by atoms with Crippen LogP contribution < -0.4 is 5.32 Å². The third kappa shape index (κ3) is 5.44. The summed E-state index contributed by atoms with van der Waals surface area (Å²) < 4.78 is 39.8. The van der Waals surface area contributed by atoms with Gasteiger partial charge in [0.2, 0.25) is 0 Å². The standard InChI is InChI=1S/C9H16F3NO/c1-13-8(4-7-2-3-7)5-14-6-9(10,11)12/h7-8,13H,2-6H2,1H3. The first-order valence-corrected chi connectivity index (χ1v) is 4.83. The van der Waals surface area contributed by atoms with Crippen LogP contribution >= 0.6 is 0 Å². The van der Waals surface area contributed by atoms with Crippen LogP contribution in [0.4, 0.5) is 13.2 Å². The van der Waals surface area contributed by atoms with E-state index >= 15 is 0 Å². The van der Waals surface area contributed by atoms with Crippen molar-refractivity contribution in [3.8, 4) is 0 Å². The molecule has 0 aromatic heterocycles. The van der Waals surface area contributed by atoms with Gasteiger partial charge in [-0.05, 0) is 19.4 Å². The van der Waals surface area contributed by atoms with Crippen molar-refractivity contribution in [1.29, 1.82) is 0 Å². The van der Waals surface area contributed by atoms with Gasteiger partial charge in [-0.2, -0.15) is 13.2 Å². The fraction of sp³-hybridized carbons (Fsp3) is 1.00. The Kier molecular flexibility index (Phi) is 4.19. The van der Waals surface area contributed by atoms with Crippen molar-refractivity contribution in [2.75, 3.05) is 20.3 Å². The van der Waals surface area contributed by atoms with E-state index in [1.54, 1.807) is 7.05 Å². The molecule has 0 saturated heterocycles. The SMILES string of the molecule is CNC(COCC(F)(F)F)CC1CC1. The van der Waals surface area contributed by atoms with Gasteiger partial charge >= 0.3 is 6.18 Å². The summed E-state index contributed by atoms with van der Waals surface area (Å²) in [5.41, 5.74) is 0. The molecular formula is C9H16F3NO. The molecule has 0 aromatic rings. The molecule has 0 amide bonds. The minimum atomic E-state index is -4.21. The van der Waals surface area contributed by atoms with Crippen molar-refractivity contribution in [1.82, 2.24) is 5.32 Å². The maximum Gasteiger partial charge on any atom is 0.411 e. The zero-order chi connectivity index (χ0) is 10.6. The summed E-state index contributed by atoms with van der Waals surface area (Å²) in [7, 11) is 1.75. The van der Waals surface area contributed by atoms with E-state index in [1.165, 1.54) is 12.8 Å². The Morgan fingerprint density at radius 3 is 2.50 bits per heavy atom. The second kappa shape index (κ2) is 4.98. The molecule has 1 aliphatic carbocycles. The summed E-state index contributed by atoms with van der Waals surface area (Å²) in [5.74, 6) is 0.696. The Labute approximate surface area is 81.8 Å². The predicted octanol–water partition coefficient (Wildman–Crippen LogP) is 1.95. The Morgan fingerprint density at radius 2 is 2.07 bits per heavy atom. The molecule has 1 unspecified atom stereocenters. The zero-order valence-electron chi connectivity index (χ0n) is 8.23. The molecule has 0 aliphatic heterocycles. The van der Waals surface area contributed by atoms with Crippen molar-refractivity contribution >= 4 is 0 Å². The average Bonchev–Trinajstić information content (AvgIpc) is 2.84. The number of likely N-dealkylation sites (N-methyl/N-ethyl adjacent to an activating group) is 1. The molecule has 0 heterocycles. The van der Waals surface area contributed by atoms with Gasteiger partial charge in [0.25, 0.3) is 0 Å². The number of nitrogens with one attached hydrogen (secondary N) is 1. The Balaban J connectivity index is 2.07. The molecule has 1 aliphatic rings. The minimum Gasteiger partial charge on any atom is -0.370 e. The van der Waals surface area contributed by atoms with E-state index in [-0.39, 0.29) is 12.6 Å². The summed E-state index contributed by atoms with van der Waals surface area (Å²) in [6.07, 6.45) is -0.874. The predicted molar refractivity (Wildman–Crippen MR) is 47.1 cm³/mol. The largest absolute Gasteiger partial charge is 0.411 e. The molecule has 14 heavy (non-hydrogen) atoms. The van der Waals surface area contributed by atoms with Crippen LogP contribution in [0.5, 0.6) is 0 Å². The maximum absolute atomic E-state index is 11.7. The van der Waals surface area contributed by atoms with Crippen LogP contribution in [0.1, 0.15) is 19.3 Å². The normalized spacial score (nSPS) is 19.7. The average molecular weight is 211 g/mol. The third-order valence-corrected chi connectivity index (χ3v) is 2.31. The van der Waals surface area contributed by atoms with Crippen LogP contribution in [0, 0.1) is 5.92 Å². The smallest absolute Gasteiger partial charge is 0.370 e. The summed E-state index contributed by atoms with van der Waals surface area (Å²) in [6, 6.07) is 0.0600. The van der Waals surface area contributed by atoms with E-state index < -0.39 is 12.8 Å². The Bertz CT molecular complexity index is 168. The van der Waals surface area contributed by atoms with Crippen molar-refractivity contribution in [2.45, 2.75) is 31.5 Å². The van der Waals surface area contributed by atoms with Gasteiger partial charge in [-0.1, -0.05) is 12.8 Å². The molecular weight excluding hydrogens is 195 g/mol. The molecule has 0 radical (unpaired) electrons. The van der Waals surface area contributed by atoms with E-state index in [1.807, 2.05) is 0 Å². The maximum atomic E-state index is 11.7. The molecule has 1 fully saturated rings. The lowest BCUT2D eigenvalue weighted by atomic mass is 10.1. The summed E-state index contributed by atoms with van der Waals surface area (Å²) in [5, 5.41) is 2.97. The van der Waals surface area contributed by atoms with Gasteiger partial charge in [-0.25, -0.2) is 0 Å². The molecule has 0 aromatic carbocycles. The number of rotatable bonds is 6. The van der Waals surface area contributed by atoms with Crippen LogP contribution in [0.3, 0.4) is 0 Å². The van der Waals surface area contributed by atoms with E-state index in [0.717, 1.165) is 6.42 Å². The van der Waals surface area contributed by atoms with Crippen LogP contribution in [0.2, 0.25) is 0 Å². The van der Waals surface area contributed by atoms with Gasteiger partial charge in [0.1, 0.15) is 6.61 Å². The molecule has 2 nitrogen and oxygen atoms in total. The lowest BCUT2D eigenvalue weighted by molar-refractivity contribution is -0.175. The fourth-order valence-corrected chi connectivity index (χ4v) is 1.34. The summed E-state index contributed by atoms with van der Waals surface area (Å²) in [6.45, 7) is -0.998. The number of hydrogen-bond donors (Lipinski definition) is 1. The lowest BCUT2D eigenvalue weighted by Gasteiger charge is -2.16. The Morgan fingerprint density at radius 1 is 1.43 bits per heavy atom. The second-order valence-electron chi connectivity index (χ2n) is 3.79. The minimum absolute atomic E-state index is 0.0600. The Hall–Kier alpha value is -0.290. The highest BCUT2D eigenvalue weighted by atomic mass is 19.4. The summed E-state index contributed by atoms with van der Waals surface area (Å²) in [4.78, 5) is 0. The monoisotopic (exact) mass is 211 g/mol. The van der Waals surface area contributed by atoms with Crippen LogP contribution in [-0.4, -0.2) is 32.5 Å². The second-order valence-corrected chi connectivity index (χ2v) is 3.79. The molecule has 84 valence electrons. The highest BCUT2D eigenvalue weighted by molar-refractivity contribution is 4.79. The van der Waals surface area contributed by atoms with Gasteiger partial charge in [-0.15, -0.1) is 0 Å². The molecule has 0 bridgehead atoms. The number of ether oxygens (including phenoxy) is 1. The molecule has 1 N–H and O–H groups in total. The first-order chi connectivity index (χ1) is 6.51. The number of alkyl halides is 3. The lowest BCUT2D eigenvalue weighted by Crippen LogP contribution is -2.32. The topological polar surface area (TPSA) is 21.3 Å².